The molecule has 4 heteroatoms. The number of ether oxygens (including phenoxy) is 1. The number of hydrogen-bond donors (Lipinski definition) is 2. The van der Waals surface area contributed by atoms with Gasteiger partial charge in [0, 0.05) is 0 Å². The summed E-state index contributed by atoms with van der Waals surface area (Å²) in [6.45, 7) is -0.124. The Hall–Kier alpha value is -2.07. The zero-order chi connectivity index (χ0) is 13.7. The molecular formula is C15H16FNO2. The lowest BCUT2D eigenvalue weighted by Crippen LogP contribution is -2.15. The Balaban J connectivity index is 2.17. The molecule has 0 aromatic heterocycles. The van der Waals surface area contributed by atoms with E-state index in [1.165, 1.54) is 6.07 Å². The van der Waals surface area contributed by atoms with Gasteiger partial charge in [-0.15, -0.1) is 0 Å². The molecule has 2 aromatic carbocycles. The molecule has 3 nitrogen and oxygen atoms in total. The minimum Gasteiger partial charge on any atom is -0.497 e. The average Bonchev–Trinajstić information content (AvgIpc) is 2.47. The molecule has 19 heavy (non-hydrogen) atoms. The molecule has 0 spiro atoms. The van der Waals surface area contributed by atoms with Gasteiger partial charge in [0.1, 0.15) is 11.6 Å². The highest BCUT2D eigenvalue weighted by molar-refractivity contribution is 5.47. The lowest BCUT2D eigenvalue weighted by Gasteiger charge is -2.18. The van der Waals surface area contributed by atoms with Crippen molar-refractivity contribution in [3.05, 3.63) is 59.9 Å². The number of aliphatic hydroxyl groups is 1. The van der Waals surface area contributed by atoms with Crippen LogP contribution in [0.4, 0.5) is 10.1 Å². The van der Waals surface area contributed by atoms with E-state index in [-0.39, 0.29) is 18.5 Å². The summed E-state index contributed by atoms with van der Waals surface area (Å²) in [7, 11) is 1.59. The van der Waals surface area contributed by atoms with Gasteiger partial charge in [-0.25, -0.2) is 4.39 Å². The smallest absolute Gasteiger partial charge is 0.146 e. The number of methoxy groups -OCH3 is 1. The molecule has 2 aromatic rings. The van der Waals surface area contributed by atoms with Crippen molar-refractivity contribution >= 4 is 5.69 Å². The number of para-hydroxylation sites is 1. The third kappa shape index (κ3) is 3.23. The largest absolute Gasteiger partial charge is 0.497 e. The molecule has 2 N–H and O–H groups in total. The van der Waals surface area contributed by atoms with Crippen LogP contribution < -0.4 is 10.1 Å². The van der Waals surface area contributed by atoms with E-state index < -0.39 is 0 Å². The molecule has 0 radical (unpaired) electrons. The molecule has 0 aliphatic heterocycles. The third-order valence-electron chi connectivity index (χ3n) is 2.90. The minimum absolute atomic E-state index is 0.124. The molecule has 0 amide bonds. The topological polar surface area (TPSA) is 41.5 Å². The van der Waals surface area contributed by atoms with Crippen LogP contribution in [-0.2, 0) is 0 Å². The van der Waals surface area contributed by atoms with Crippen molar-refractivity contribution in [1.29, 1.82) is 0 Å². The maximum atomic E-state index is 13.6. The quantitative estimate of drug-likeness (QED) is 0.869. The van der Waals surface area contributed by atoms with Crippen molar-refractivity contribution in [1.82, 2.24) is 0 Å². The minimum atomic E-state index is -0.359. The number of rotatable bonds is 5. The van der Waals surface area contributed by atoms with Gasteiger partial charge in [-0.3, -0.25) is 0 Å². The summed E-state index contributed by atoms with van der Waals surface area (Å²) in [6, 6.07) is 13.3. The molecule has 2 rings (SSSR count). The Morgan fingerprint density at radius 2 is 1.84 bits per heavy atom. The Kier molecular flexibility index (Phi) is 4.36. The number of nitrogens with one attached hydrogen (secondary N) is 1. The molecule has 1 atom stereocenters. The van der Waals surface area contributed by atoms with Crippen LogP contribution in [0, 0.1) is 5.82 Å². The van der Waals surface area contributed by atoms with Gasteiger partial charge in [0.2, 0.25) is 0 Å². The van der Waals surface area contributed by atoms with Gasteiger partial charge in [0.05, 0.1) is 25.4 Å². The Morgan fingerprint density at radius 1 is 1.16 bits per heavy atom. The fourth-order valence-corrected chi connectivity index (χ4v) is 1.84. The fourth-order valence-electron chi connectivity index (χ4n) is 1.84. The third-order valence-corrected chi connectivity index (χ3v) is 2.90. The molecule has 0 saturated heterocycles. The van der Waals surface area contributed by atoms with E-state index in [0.717, 1.165) is 11.3 Å². The van der Waals surface area contributed by atoms with E-state index in [9.17, 15) is 9.50 Å². The molecular weight excluding hydrogens is 245 g/mol. The summed E-state index contributed by atoms with van der Waals surface area (Å²) in [4.78, 5) is 0. The van der Waals surface area contributed by atoms with Crippen molar-refractivity contribution < 1.29 is 14.2 Å². The van der Waals surface area contributed by atoms with E-state index in [4.69, 9.17) is 4.74 Å². The van der Waals surface area contributed by atoms with Gasteiger partial charge in [0.25, 0.3) is 0 Å². The van der Waals surface area contributed by atoms with E-state index in [1.54, 1.807) is 37.4 Å². The summed E-state index contributed by atoms with van der Waals surface area (Å²) < 4.78 is 18.6. The maximum absolute atomic E-state index is 13.6. The van der Waals surface area contributed by atoms with Gasteiger partial charge in [-0.2, -0.15) is 0 Å². The summed E-state index contributed by atoms with van der Waals surface area (Å²) in [6.07, 6.45) is 0. The molecule has 0 fully saturated rings. The predicted octanol–water partition coefficient (Wildman–Crippen LogP) is 2.98. The van der Waals surface area contributed by atoms with E-state index >= 15 is 0 Å². The van der Waals surface area contributed by atoms with Crippen molar-refractivity contribution in [2.24, 2.45) is 0 Å². The first-order valence-corrected chi connectivity index (χ1v) is 6.00. The van der Waals surface area contributed by atoms with Crippen LogP contribution in [-0.4, -0.2) is 18.8 Å². The second kappa shape index (κ2) is 6.20. The van der Waals surface area contributed by atoms with Crippen LogP contribution in [0.15, 0.2) is 48.5 Å². The van der Waals surface area contributed by atoms with E-state index in [1.807, 2.05) is 12.1 Å². The molecule has 0 aliphatic carbocycles. The van der Waals surface area contributed by atoms with Crippen LogP contribution in [0.5, 0.6) is 5.75 Å². The maximum Gasteiger partial charge on any atom is 0.146 e. The van der Waals surface area contributed by atoms with Crippen molar-refractivity contribution in [2.75, 3.05) is 19.0 Å². The molecule has 0 aliphatic rings. The molecule has 0 bridgehead atoms. The molecule has 1 unspecified atom stereocenters. The Morgan fingerprint density at radius 3 is 2.42 bits per heavy atom. The van der Waals surface area contributed by atoms with Crippen molar-refractivity contribution in [2.45, 2.75) is 6.04 Å². The molecule has 0 heterocycles. The second-order valence-electron chi connectivity index (χ2n) is 4.13. The first-order valence-electron chi connectivity index (χ1n) is 6.00. The zero-order valence-corrected chi connectivity index (χ0v) is 10.6. The zero-order valence-electron chi connectivity index (χ0n) is 10.6. The summed E-state index contributed by atoms with van der Waals surface area (Å²) in [5.74, 6) is 0.404. The van der Waals surface area contributed by atoms with Gasteiger partial charge < -0.3 is 15.2 Å². The summed E-state index contributed by atoms with van der Waals surface area (Å²) in [5, 5.41) is 12.4. The van der Waals surface area contributed by atoms with Crippen molar-refractivity contribution in [3.8, 4) is 5.75 Å². The SMILES string of the molecule is COc1ccc(C(CO)Nc2ccccc2F)cc1. The fraction of sp³-hybridized carbons (Fsp3) is 0.200. The number of hydrogen-bond acceptors (Lipinski definition) is 3. The normalized spacial score (nSPS) is 11.9. The number of anilines is 1. The second-order valence-corrected chi connectivity index (χ2v) is 4.13. The van der Waals surface area contributed by atoms with Gasteiger partial charge in [0.15, 0.2) is 0 Å². The summed E-state index contributed by atoms with van der Waals surface area (Å²) in [5.41, 5.74) is 1.24. The highest BCUT2D eigenvalue weighted by atomic mass is 19.1. The van der Waals surface area contributed by atoms with Gasteiger partial charge >= 0.3 is 0 Å². The number of benzene rings is 2. The van der Waals surface area contributed by atoms with Crippen LogP contribution >= 0.6 is 0 Å². The Labute approximate surface area is 111 Å². The standard InChI is InChI=1S/C15H16FNO2/c1-19-12-8-6-11(7-9-12)15(10-18)17-14-5-3-2-4-13(14)16/h2-9,15,17-18H,10H2,1H3. The number of aliphatic hydroxyl groups excluding tert-OH is 1. The molecule has 100 valence electrons. The Bertz CT molecular complexity index is 528. The van der Waals surface area contributed by atoms with Crippen LogP contribution in [0.2, 0.25) is 0 Å². The van der Waals surface area contributed by atoms with Gasteiger partial charge in [-0.05, 0) is 29.8 Å². The van der Waals surface area contributed by atoms with Crippen molar-refractivity contribution in [3.63, 3.8) is 0 Å². The van der Waals surface area contributed by atoms with Crippen LogP contribution in [0.3, 0.4) is 0 Å². The highest BCUT2D eigenvalue weighted by Crippen LogP contribution is 2.23. The van der Waals surface area contributed by atoms with Crippen LogP contribution in [0.25, 0.3) is 0 Å². The molecule has 0 saturated carbocycles. The first kappa shape index (κ1) is 13.4. The lowest BCUT2D eigenvalue weighted by atomic mass is 10.1. The summed E-state index contributed by atoms with van der Waals surface area (Å²) >= 11 is 0. The first-order chi connectivity index (χ1) is 9.24. The average molecular weight is 261 g/mol. The number of halogens is 1. The highest BCUT2D eigenvalue weighted by Gasteiger charge is 2.12. The predicted molar refractivity (Wildman–Crippen MR) is 72.8 cm³/mol. The lowest BCUT2D eigenvalue weighted by molar-refractivity contribution is 0.276. The van der Waals surface area contributed by atoms with E-state index in [0.29, 0.717) is 5.69 Å². The van der Waals surface area contributed by atoms with Gasteiger partial charge in [-0.1, -0.05) is 24.3 Å². The monoisotopic (exact) mass is 261 g/mol. The van der Waals surface area contributed by atoms with Crippen LogP contribution in [0.1, 0.15) is 11.6 Å². The van der Waals surface area contributed by atoms with E-state index in [2.05, 4.69) is 5.32 Å².